The molecule has 4 aliphatic rings. The summed E-state index contributed by atoms with van der Waals surface area (Å²) in [4.78, 5) is 87.8. The molecule has 2 aromatic carbocycles. The second-order valence-electron chi connectivity index (χ2n) is 21.4. The van der Waals surface area contributed by atoms with Crippen molar-refractivity contribution >= 4 is 80.3 Å². The van der Waals surface area contributed by atoms with Gasteiger partial charge in [-0.1, -0.05) is 81.7 Å². The number of fused-ring (bicyclic) bond motifs is 4. The summed E-state index contributed by atoms with van der Waals surface area (Å²) in [5.41, 5.74) is 1.88. The maximum Gasteiger partial charge on any atom is 0.355 e. The summed E-state index contributed by atoms with van der Waals surface area (Å²) >= 11 is 20.0. The molecular formula is C60H55Cl3F2N12O8. The summed E-state index contributed by atoms with van der Waals surface area (Å²) in [5.74, 6) is -2.23. The number of carbonyl (C=O) groups excluding carboxylic acids is 2. The number of aryl methyl sites for hydroxylation is 2. The van der Waals surface area contributed by atoms with Crippen LogP contribution in [0.5, 0.6) is 23.0 Å². The van der Waals surface area contributed by atoms with Gasteiger partial charge in [0.25, 0.3) is 0 Å². The highest BCUT2D eigenvalue weighted by atomic mass is 35.5. The molecule has 0 unspecified atom stereocenters. The molecule has 85 heavy (non-hydrogen) atoms. The van der Waals surface area contributed by atoms with Crippen molar-refractivity contribution in [3.05, 3.63) is 150 Å². The summed E-state index contributed by atoms with van der Waals surface area (Å²) in [6.45, 7) is 20.9. The first-order chi connectivity index (χ1) is 40.6. The standard InChI is InChI=1S/C30H27Cl2FN6O4.C30H28ClFN6O4/c1-5-19(40)37-10-11-38-16(12-37)13-43-27-21-28(38)36-30(42)39(25-15(4)8-9-34-23(25)14(2)3)29(21)35-24(22(27)32)20-18(33)7-6-17(31)26(20)41;1-5-20(40)36-11-12-37-17(13-36)14-42-27-22-28(37)35-30(41)38(26-16(4)9-10-33-24(26)15(2)3)29(22)34-25(23(27)31)21-18(32)7-6-8-19(21)39/h5-9,14,16,41H,1,10-13H2,2-4H3;5-10,15,17,39H,1,11-14H2,2-4H3/t16-;17-/m00/s1. The van der Waals surface area contributed by atoms with Gasteiger partial charge in [0.2, 0.25) is 11.8 Å². The minimum atomic E-state index is -0.823. The molecule has 12 rings (SSSR count). The van der Waals surface area contributed by atoms with Gasteiger partial charge in [-0.15, -0.1) is 0 Å². The number of pyridine rings is 4. The van der Waals surface area contributed by atoms with E-state index in [0.29, 0.717) is 72.1 Å². The van der Waals surface area contributed by atoms with Crippen LogP contribution in [0.15, 0.2) is 89.8 Å². The van der Waals surface area contributed by atoms with Crippen LogP contribution in [-0.4, -0.2) is 135 Å². The Labute approximate surface area is 499 Å². The quantitative estimate of drug-likeness (QED) is 0.135. The second kappa shape index (κ2) is 22.7. The van der Waals surface area contributed by atoms with Crippen LogP contribution in [0.1, 0.15) is 62.0 Å². The topological polar surface area (TPSA) is 227 Å². The highest BCUT2D eigenvalue weighted by Gasteiger charge is 2.40. The van der Waals surface area contributed by atoms with Crippen molar-refractivity contribution in [3.63, 3.8) is 0 Å². The Morgan fingerprint density at radius 2 is 1.09 bits per heavy atom. The number of aromatic hydroxyl groups is 2. The third kappa shape index (κ3) is 9.88. The molecule has 2 saturated heterocycles. The fraction of sp³-hybridized carbons (Fsp3) is 0.300. The molecule has 2 fully saturated rings. The lowest BCUT2D eigenvalue weighted by atomic mass is 10.0. The van der Waals surface area contributed by atoms with Crippen LogP contribution < -0.4 is 30.7 Å². The summed E-state index contributed by atoms with van der Waals surface area (Å²) < 4.78 is 45.9. The highest BCUT2D eigenvalue weighted by Crippen LogP contribution is 2.50. The van der Waals surface area contributed by atoms with Crippen LogP contribution in [0.25, 0.3) is 56.0 Å². The number of benzene rings is 2. The number of aromatic nitrogens is 8. The molecule has 2 N–H and O–H groups in total. The first kappa shape index (κ1) is 58.1. The smallest absolute Gasteiger partial charge is 0.355 e. The molecule has 20 nitrogen and oxygen atoms in total. The Hall–Kier alpha value is -8.73. The van der Waals surface area contributed by atoms with Crippen molar-refractivity contribution in [3.8, 4) is 56.9 Å². The van der Waals surface area contributed by atoms with Crippen molar-refractivity contribution in [1.82, 2.24) is 48.8 Å². The van der Waals surface area contributed by atoms with Gasteiger partial charge < -0.3 is 39.3 Å². The van der Waals surface area contributed by atoms with E-state index >= 15 is 8.78 Å². The van der Waals surface area contributed by atoms with E-state index in [9.17, 15) is 29.4 Å². The number of nitrogens with zero attached hydrogens (tertiary/aromatic N) is 12. The zero-order chi connectivity index (χ0) is 60.6. The minimum Gasteiger partial charge on any atom is -0.507 e. The molecule has 8 aromatic rings. The van der Waals surface area contributed by atoms with E-state index < -0.39 is 34.8 Å². The number of phenolic OH excluding ortho intramolecular Hbond substituents is 2. The molecule has 25 heteroatoms. The van der Waals surface area contributed by atoms with Crippen molar-refractivity contribution < 1.29 is 38.1 Å². The third-order valence-electron chi connectivity index (χ3n) is 15.5. The number of ether oxygens (including phenoxy) is 2. The molecule has 0 aliphatic carbocycles. The van der Waals surface area contributed by atoms with Crippen molar-refractivity contribution in [2.45, 2.75) is 65.5 Å². The van der Waals surface area contributed by atoms with Crippen LogP contribution in [0.3, 0.4) is 0 Å². The van der Waals surface area contributed by atoms with E-state index in [0.717, 1.165) is 17.2 Å². The molecule has 2 atom stereocenters. The summed E-state index contributed by atoms with van der Waals surface area (Å²) in [5, 5.41) is 22.0. The molecule has 0 saturated carbocycles. The van der Waals surface area contributed by atoms with Crippen LogP contribution in [0.2, 0.25) is 15.1 Å². The maximum absolute atomic E-state index is 15.3. The van der Waals surface area contributed by atoms with Crippen LogP contribution in [-0.2, 0) is 9.59 Å². The van der Waals surface area contributed by atoms with Gasteiger partial charge in [-0.2, -0.15) is 9.97 Å². The average molecular weight is 1220 g/mol. The van der Waals surface area contributed by atoms with Crippen molar-refractivity contribution in [2.75, 3.05) is 62.3 Å². The van der Waals surface area contributed by atoms with Crippen molar-refractivity contribution in [2.24, 2.45) is 0 Å². The average Bonchev–Trinajstić information content (AvgIpc) is 2.98. The molecule has 0 radical (unpaired) electrons. The van der Waals surface area contributed by atoms with E-state index in [2.05, 4.69) is 33.1 Å². The minimum absolute atomic E-state index is 0.0398. The molecule has 4 aliphatic heterocycles. The summed E-state index contributed by atoms with van der Waals surface area (Å²) in [7, 11) is 0. The van der Waals surface area contributed by atoms with Crippen LogP contribution in [0, 0.1) is 25.5 Å². The van der Waals surface area contributed by atoms with Crippen LogP contribution in [0.4, 0.5) is 20.4 Å². The number of hydrogen-bond acceptors (Lipinski definition) is 16. The Morgan fingerprint density at radius 1 is 0.647 bits per heavy atom. The Morgan fingerprint density at radius 3 is 1.53 bits per heavy atom. The SMILES string of the molecule is C=CC(=O)N1CCN2c3nc(=O)n(-c4c(C)ccnc4C(C)C)c4nc(-c5c(F)ccc(Cl)c5O)c(Cl)c(c34)OC[C@@H]2C1.C=CC(=O)N1CCN2c3nc(=O)n(-c4c(C)ccnc4C(C)C)c4nc(-c5c(O)cccc5F)c(Cl)c(c34)OC[C@@H]2C1. The van der Waals surface area contributed by atoms with E-state index in [1.165, 1.54) is 45.6 Å². The fourth-order valence-electron chi connectivity index (χ4n) is 11.4. The van der Waals surface area contributed by atoms with Gasteiger partial charge in [-0.25, -0.2) is 37.5 Å². The van der Waals surface area contributed by atoms with E-state index in [4.69, 9.17) is 54.2 Å². The molecule has 6 aromatic heterocycles. The first-order valence-electron chi connectivity index (χ1n) is 27.2. The number of hydrogen-bond donors (Lipinski definition) is 2. The molecule has 2 amide bonds. The molecule has 10 heterocycles. The van der Waals surface area contributed by atoms with Gasteiger partial charge in [0.05, 0.1) is 51.0 Å². The number of anilines is 2. The third-order valence-corrected chi connectivity index (χ3v) is 16.5. The van der Waals surface area contributed by atoms with Crippen molar-refractivity contribution in [1.29, 1.82) is 0 Å². The number of phenols is 2. The summed E-state index contributed by atoms with van der Waals surface area (Å²) in [6, 6.07) is 9.00. The van der Waals surface area contributed by atoms with Gasteiger partial charge in [-0.3, -0.25) is 19.6 Å². The maximum atomic E-state index is 15.3. The predicted molar refractivity (Wildman–Crippen MR) is 319 cm³/mol. The molecule has 0 bridgehead atoms. The zero-order valence-electron chi connectivity index (χ0n) is 46.8. The number of halogens is 5. The molecular weight excluding hydrogens is 1160 g/mol. The lowest BCUT2D eigenvalue weighted by Gasteiger charge is -2.40. The predicted octanol–water partition coefficient (Wildman–Crippen LogP) is 9.39. The van der Waals surface area contributed by atoms with Crippen LogP contribution >= 0.6 is 34.8 Å². The van der Waals surface area contributed by atoms with Gasteiger partial charge >= 0.3 is 11.4 Å². The monoisotopic (exact) mass is 1210 g/mol. The highest BCUT2D eigenvalue weighted by molar-refractivity contribution is 6.37. The van der Waals surface area contributed by atoms with E-state index in [-0.39, 0.29) is 121 Å². The van der Waals surface area contributed by atoms with E-state index in [1.807, 2.05) is 51.3 Å². The van der Waals surface area contributed by atoms with Gasteiger partial charge in [0.15, 0.2) is 22.8 Å². The van der Waals surface area contributed by atoms with E-state index in [1.54, 1.807) is 34.3 Å². The number of carbonyl (C=O) groups is 2. The number of piperazine rings is 2. The lowest BCUT2D eigenvalue weighted by molar-refractivity contribution is -0.127. The normalized spacial score (nSPS) is 16.2. The summed E-state index contributed by atoms with van der Waals surface area (Å²) in [6.07, 6.45) is 5.85. The fourth-order valence-corrected chi connectivity index (χ4v) is 12.2. The zero-order valence-corrected chi connectivity index (χ0v) is 49.1. The molecule has 438 valence electrons. The van der Waals surface area contributed by atoms with Gasteiger partial charge in [0.1, 0.15) is 80.2 Å². The first-order valence-corrected chi connectivity index (χ1v) is 28.3. The number of rotatable bonds is 8. The largest absolute Gasteiger partial charge is 0.507 e. The Kier molecular flexibility index (Phi) is 15.5. The number of amides is 2. The van der Waals surface area contributed by atoms with Gasteiger partial charge in [0, 0.05) is 51.7 Å². The van der Waals surface area contributed by atoms with Gasteiger partial charge in [-0.05, 0) is 85.4 Å². The second-order valence-corrected chi connectivity index (χ2v) is 22.6. The Balaban J connectivity index is 0.000000177. The Bertz CT molecular complexity index is 4260. The molecule has 0 spiro atoms. The lowest BCUT2D eigenvalue weighted by Crippen LogP contribution is -2.56.